The van der Waals surface area contributed by atoms with Gasteiger partial charge in [-0.15, -0.1) is 0 Å². The second-order valence-corrected chi connectivity index (χ2v) is 6.66. The van der Waals surface area contributed by atoms with E-state index in [0.29, 0.717) is 17.5 Å². The molecule has 0 aromatic heterocycles. The molecular formula is C19H22NO4+. The molecule has 0 saturated heterocycles. The van der Waals surface area contributed by atoms with Crippen molar-refractivity contribution in [3.8, 4) is 34.1 Å². The summed E-state index contributed by atoms with van der Waals surface area (Å²) in [4.78, 5) is 1.44. The second-order valence-electron chi connectivity index (χ2n) is 6.66. The third-order valence-corrected chi connectivity index (χ3v) is 5.42. The highest BCUT2D eigenvalue weighted by Crippen LogP contribution is 2.51. The molecule has 2 aliphatic rings. The van der Waals surface area contributed by atoms with Gasteiger partial charge in [-0.05, 0) is 34.9 Å². The Balaban J connectivity index is 2.08. The predicted octanol–water partition coefficient (Wildman–Crippen LogP) is 1.45. The molecule has 126 valence electrons. The summed E-state index contributed by atoms with van der Waals surface area (Å²) in [5.74, 6) is 1.25. The van der Waals surface area contributed by atoms with Crippen LogP contribution in [0, 0.1) is 0 Å². The standard InChI is InChI=1S/C19H21NO4/c1-20-5-4-10-7-15(22)19(24-3)18-12-9-16(23-2)14(21)8-11(12)6-13(20)17(10)18/h7-9,13,21-22H,4-6H2,1-3H3/p+1. The molecule has 2 aromatic rings. The molecule has 1 aliphatic carbocycles. The van der Waals surface area contributed by atoms with E-state index in [-0.39, 0.29) is 11.5 Å². The summed E-state index contributed by atoms with van der Waals surface area (Å²) < 4.78 is 10.8. The maximum absolute atomic E-state index is 10.4. The summed E-state index contributed by atoms with van der Waals surface area (Å²) in [6, 6.07) is 5.78. The van der Waals surface area contributed by atoms with Crippen LogP contribution in [0.2, 0.25) is 0 Å². The molecule has 4 rings (SSSR count). The molecule has 5 heteroatoms. The van der Waals surface area contributed by atoms with Crippen molar-refractivity contribution >= 4 is 0 Å². The van der Waals surface area contributed by atoms with E-state index < -0.39 is 0 Å². The highest BCUT2D eigenvalue weighted by molar-refractivity contribution is 5.84. The molecule has 5 nitrogen and oxygen atoms in total. The number of fused-ring (bicyclic) bond motifs is 2. The smallest absolute Gasteiger partial charge is 0.168 e. The third-order valence-electron chi connectivity index (χ3n) is 5.42. The lowest BCUT2D eigenvalue weighted by Gasteiger charge is -2.38. The van der Waals surface area contributed by atoms with Crippen LogP contribution in [0.3, 0.4) is 0 Å². The molecule has 0 fully saturated rings. The van der Waals surface area contributed by atoms with Gasteiger partial charge in [0.1, 0.15) is 6.04 Å². The monoisotopic (exact) mass is 328 g/mol. The number of nitrogens with one attached hydrogen (secondary N) is 1. The van der Waals surface area contributed by atoms with Crippen molar-refractivity contribution in [3.63, 3.8) is 0 Å². The number of benzene rings is 2. The number of likely N-dealkylation sites (N-methyl/N-ethyl adjacent to an activating group) is 1. The van der Waals surface area contributed by atoms with Crippen LogP contribution < -0.4 is 14.4 Å². The number of ether oxygens (including phenoxy) is 2. The molecule has 0 amide bonds. The maximum atomic E-state index is 10.4. The van der Waals surface area contributed by atoms with Gasteiger partial charge in [-0.3, -0.25) is 0 Å². The van der Waals surface area contributed by atoms with Crippen molar-refractivity contribution in [2.75, 3.05) is 27.8 Å². The summed E-state index contributed by atoms with van der Waals surface area (Å²) in [5, 5.41) is 20.6. The molecule has 0 radical (unpaired) electrons. The molecule has 24 heavy (non-hydrogen) atoms. The highest BCUT2D eigenvalue weighted by atomic mass is 16.5. The van der Waals surface area contributed by atoms with Gasteiger partial charge in [0.25, 0.3) is 0 Å². The SMILES string of the molecule is COc1cc2c(cc1O)CC1c3c(cc(O)c(OC)c3-2)CC[NH+]1C. The Kier molecular flexibility index (Phi) is 3.35. The Hall–Kier alpha value is -2.40. The molecule has 2 aromatic carbocycles. The number of phenolic OH excluding ortho intramolecular Hbond substituents is 2. The minimum atomic E-state index is 0.146. The zero-order chi connectivity index (χ0) is 17.0. The van der Waals surface area contributed by atoms with Gasteiger partial charge in [0, 0.05) is 24.0 Å². The molecule has 1 heterocycles. The van der Waals surface area contributed by atoms with E-state index in [4.69, 9.17) is 9.47 Å². The van der Waals surface area contributed by atoms with Gasteiger partial charge >= 0.3 is 0 Å². The summed E-state index contributed by atoms with van der Waals surface area (Å²) >= 11 is 0. The van der Waals surface area contributed by atoms with Gasteiger partial charge < -0.3 is 24.6 Å². The van der Waals surface area contributed by atoms with Crippen LogP contribution in [0.4, 0.5) is 0 Å². The van der Waals surface area contributed by atoms with E-state index >= 15 is 0 Å². The number of hydrogen-bond donors (Lipinski definition) is 3. The largest absolute Gasteiger partial charge is 0.504 e. The van der Waals surface area contributed by atoms with Crippen LogP contribution in [0.1, 0.15) is 22.7 Å². The molecule has 2 atom stereocenters. The first-order chi connectivity index (χ1) is 11.5. The van der Waals surface area contributed by atoms with Crippen molar-refractivity contribution in [1.82, 2.24) is 0 Å². The average Bonchev–Trinajstić information content (AvgIpc) is 2.57. The minimum Gasteiger partial charge on any atom is -0.504 e. The fourth-order valence-corrected chi connectivity index (χ4v) is 4.22. The average molecular weight is 328 g/mol. The second kappa shape index (κ2) is 5.31. The first kappa shape index (κ1) is 15.1. The predicted molar refractivity (Wildman–Crippen MR) is 90.2 cm³/mol. The minimum absolute atomic E-state index is 0.146. The molecular weight excluding hydrogens is 306 g/mol. The van der Waals surface area contributed by atoms with E-state index in [1.165, 1.54) is 16.0 Å². The maximum Gasteiger partial charge on any atom is 0.168 e. The van der Waals surface area contributed by atoms with Crippen LogP contribution in [-0.2, 0) is 12.8 Å². The first-order valence-electron chi connectivity index (χ1n) is 8.20. The first-order valence-corrected chi connectivity index (χ1v) is 8.20. The van der Waals surface area contributed by atoms with Crippen LogP contribution in [0.5, 0.6) is 23.0 Å². The lowest BCUT2D eigenvalue weighted by atomic mass is 9.76. The van der Waals surface area contributed by atoms with Crippen LogP contribution in [0.25, 0.3) is 11.1 Å². The van der Waals surface area contributed by atoms with Crippen LogP contribution in [-0.4, -0.2) is 38.0 Å². The van der Waals surface area contributed by atoms with Gasteiger partial charge in [-0.25, -0.2) is 0 Å². The van der Waals surface area contributed by atoms with Gasteiger partial charge in [0.15, 0.2) is 23.0 Å². The van der Waals surface area contributed by atoms with Crippen molar-refractivity contribution in [2.24, 2.45) is 0 Å². The number of rotatable bonds is 2. The van der Waals surface area contributed by atoms with E-state index in [2.05, 4.69) is 7.05 Å². The Bertz CT molecular complexity index is 831. The Morgan fingerprint density at radius 1 is 1.04 bits per heavy atom. The van der Waals surface area contributed by atoms with E-state index in [1.807, 2.05) is 12.1 Å². The number of phenols is 2. The molecule has 0 saturated carbocycles. The fourth-order valence-electron chi connectivity index (χ4n) is 4.22. The lowest BCUT2D eigenvalue weighted by molar-refractivity contribution is -0.914. The Morgan fingerprint density at radius 2 is 1.79 bits per heavy atom. The summed E-state index contributed by atoms with van der Waals surface area (Å²) in [5.41, 5.74) is 5.42. The van der Waals surface area contributed by atoms with Gasteiger partial charge in [0.05, 0.1) is 27.8 Å². The molecule has 0 bridgehead atoms. The number of methoxy groups -OCH3 is 2. The normalized spacial score (nSPS) is 21.0. The molecule has 0 spiro atoms. The molecule has 1 aliphatic heterocycles. The summed E-state index contributed by atoms with van der Waals surface area (Å²) in [6.07, 6.45) is 1.79. The topological polar surface area (TPSA) is 63.4 Å². The van der Waals surface area contributed by atoms with Crippen LogP contribution in [0.15, 0.2) is 18.2 Å². The lowest BCUT2D eigenvalue weighted by Crippen LogP contribution is -3.10. The fraction of sp³-hybridized carbons (Fsp3) is 0.368. The van der Waals surface area contributed by atoms with Gasteiger partial charge in [-0.2, -0.15) is 0 Å². The Labute approximate surface area is 141 Å². The number of aromatic hydroxyl groups is 2. The van der Waals surface area contributed by atoms with Crippen molar-refractivity contribution in [1.29, 1.82) is 0 Å². The van der Waals surface area contributed by atoms with E-state index in [9.17, 15) is 10.2 Å². The van der Waals surface area contributed by atoms with Gasteiger partial charge in [0.2, 0.25) is 0 Å². The quantitative estimate of drug-likeness (QED) is 0.781. The van der Waals surface area contributed by atoms with E-state index in [1.54, 1.807) is 20.3 Å². The highest BCUT2D eigenvalue weighted by Gasteiger charge is 2.39. The van der Waals surface area contributed by atoms with Gasteiger partial charge in [-0.1, -0.05) is 0 Å². The van der Waals surface area contributed by atoms with Crippen LogP contribution >= 0.6 is 0 Å². The number of quaternary nitrogens is 1. The summed E-state index contributed by atoms with van der Waals surface area (Å²) in [6.45, 7) is 1.03. The van der Waals surface area contributed by atoms with E-state index in [0.717, 1.165) is 36.1 Å². The third kappa shape index (κ3) is 1.97. The zero-order valence-electron chi connectivity index (χ0n) is 14.1. The van der Waals surface area contributed by atoms with Crippen molar-refractivity contribution < 1.29 is 24.6 Å². The van der Waals surface area contributed by atoms with Crippen molar-refractivity contribution in [3.05, 3.63) is 34.9 Å². The van der Waals surface area contributed by atoms with Crippen molar-refractivity contribution in [2.45, 2.75) is 18.9 Å². The Morgan fingerprint density at radius 3 is 2.50 bits per heavy atom. The zero-order valence-corrected chi connectivity index (χ0v) is 14.1. The molecule has 2 unspecified atom stereocenters. The molecule has 3 N–H and O–H groups in total. The number of hydrogen-bond acceptors (Lipinski definition) is 4. The summed E-state index contributed by atoms with van der Waals surface area (Å²) in [7, 11) is 5.32.